The van der Waals surface area contributed by atoms with E-state index in [2.05, 4.69) is 10.1 Å². The van der Waals surface area contributed by atoms with Crippen molar-refractivity contribution < 1.29 is 14.3 Å². The van der Waals surface area contributed by atoms with Gasteiger partial charge in [0.2, 0.25) is 5.91 Å². The predicted molar refractivity (Wildman–Crippen MR) is 35.6 cm³/mol. The summed E-state index contributed by atoms with van der Waals surface area (Å²) in [4.78, 5) is 20.7. The molecule has 0 rings (SSSR count). The lowest BCUT2D eigenvalue weighted by Crippen LogP contribution is -2.24. The third kappa shape index (κ3) is 5.24. The molecule has 0 saturated heterocycles. The van der Waals surface area contributed by atoms with E-state index in [-0.39, 0.29) is 24.9 Å². The van der Waals surface area contributed by atoms with Gasteiger partial charge < -0.3 is 10.1 Å². The van der Waals surface area contributed by atoms with Gasteiger partial charge >= 0.3 is 0 Å². The molecular formula is C6H11NO3. The molecule has 0 saturated carbocycles. The SMILES string of the molecule is CNC(=O)COCC(C)=O. The predicted octanol–water partition coefficient (Wildman–Crippen LogP) is -0.662. The molecule has 0 aromatic carbocycles. The topological polar surface area (TPSA) is 55.4 Å². The minimum absolute atomic E-state index is 0.00736. The van der Waals surface area contributed by atoms with E-state index < -0.39 is 0 Å². The number of rotatable bonds is 4. The molecule has 0 aromatic rings. The second kappa shape index (κ2) is 4.93. The molecule has 4 nitrogen and oxygen atoms in total. The molecule has 0 unspecified atom stereocenters. The Morgan fingerprint density at radius 1 is 1.40 bits per heavy atom. The van der Waals surface area contributed by atoms with Gasteiger partial charge in [-0.2, -0.15) is 0 Å². The van der Waals surface area contributed by atoms with Crippen LogP contribution in [0.15, 0.2) is 0 Å². The van der Waals surface area contributed by atoms with Gasteiger partial charge in [0, 0.05) is 7.05 Å². The summed E-state index contributed by atoms with van der Waals surface area (Å²) in [7, 11) is 1.51. The molecule has 58 valence electrons. The van der Waals surface area contributed by atoms with Crippen LogP contribution in [0.25, 0.3) is 0 Å². The average Bonchev–Trinajstić information content (AvgIpc) is 1.87. The molecule has 0 spiro atoms. The zero-order valence-electron chi connectivity index (χ0n) is 6.14. The number of likely N-dealkylation sites (N-methyl/N-ethyl adjacent to an activating group) is 1. The van der Waals surface area contributed by atoms with Gasteiger partial charge in [0.05, 0.1) is 0 Å². The summed E-state index contributed by atoms with van der Waals surface area (Å²) in [5, 5.41) is 2.36. The number of hydrogen-bond donors (Lipinski definition) is 1. The minimum Gasteiger partial charge on any atom is -0.364 e. The summed E-state index contributed by atoms with van der Waals surface area (Å²) in [6, 6.07) is 0. The van der Waals surface area contributed by atoms with Crippen molar-refractivity contribution in [3.8, 4) is 0 Å². The Morgan fingerprint density at radius 3 is 2.40 bits per heavy atom. The highest BCUT2D eigenvalue weighted by molar-refractivity contribution is 5.79. The first-order chi connectivity index (χ1) is 4.66. The first kappa shape index (κ1) is 9.10. The van der Waals surface area contributed by atoms with E-state index in [1.54, 1.807) is 0 Å². The van der Waals surface area contributed by atoms with Gasteiger partial charge in [-0.3, -0.25) is 9.59 Å². The quantitative estimate of drug-likeness (QED) is 0.571. The van der Waals surface area contributed by atoms with Crippen molar-refractivity contribution in [1.82, 2.24) is 5.32 Å². The molecule has 0 atom stereocenters. The van der Waals surface area contributed by atoms with Crippen molar-refractivity contribution in [3.05, 3.63) is 0 Å². The number of Topliss-reactive ketones (excluding diaryl/α,β-unsaturated/α-hetero) is 1. The van der Waals surface area contributed by atoms with Crippen LogP contribution in [0, 0.1) is 0 Å². The smallest absolute Gasteiger partial charge is 0.245 e. The summed E-state index contributed by atoms with van der Waals surface area (Å²) in [6.07, 6.45) is 0. The van der Waals surface area contributed by atoms with E-state index in [0.29, 0.717) is 0 Å². The van der Waals surface area contributed by atoms with E-state index in [4.69, 9.17) is 0 Å². The van der Waals surface area contributed by atoms with Crippen molar-refractivity contribution in [3.63, 3.8) is 0 Å². The van der Waals surface area contributed by atoms with Crippen LogP contribution in [0.4, 0.5) is 0 Å². The van der Waals surface area contributed by atoms with Gasteiger partial charge in [-0.15, -0.1) is 0 Å². The van der Waals surface area contributed by atoms with E-state index >= 15 is 0 Å². The van der Waals surface area contributed by atoms with E-state index in [9.17, 15) is 9.59 Å². The molecule has 10 heavy (non-hydrogen) atoms. The van der Waals surface area contributed by atoms with E-state index in [1.165, 1.54) is 14.0 Å². The maximum absolute atomic E-state index is 10.4. The Hall–Kier alpha value is -0.900. The monoisotopic (exact) mass is 145 g/mol. The lowest BCUT2D eigenvalue weighted by atomic mass is 10.5. The zero-order valence-corrected chi connectivity index (χ0v) is 6.14. The van der Waals surface area contributed by atoms with Crippen LogP contribution >= 0.6 is 0 Å². The Morgan fingerprint density at radius 2 is 2.00 bits per heavy atom. The third-order valence-corrected chi connectivity index (χ3v) is 0.817. The second-order valence-corrected chi connectivity index (χ2v) is 1.87. The fraction of sp³-hybridized carbons (Fsp3) is 0.667. The minimum atomic E-state index is -0.221. The first-order valence-corrected chi connectivity index (χ1v) is 2.94. The molecule has 0 aliphatic rings. The van der Waals surface area contributed by atoms with Crippen LogP contribution in [0.1, 0.15) is 6.92 Å². The summed E-state index contributed by atoms with van der Waals surface area (Å²) in [6.45, 7) is 1.37. The second-order valence-electron chi connectivity index (χ2n) is 1.87. The Labute approximate surface area is 59.6 Å². The molecule has 0 fully saturated rings. The molecule has 0 aromatic heterocycles. The van der Waals surface area contributed by atoms with Gasteiger partial charge in [-0.25, -0.2) is 0 Å². The van der Waals surface area contributed by atoms with Gasteiger partial charge in [0.1, 0.15) is 13.2 Å². The Kier molecular flexibility index (Phi) is 4.49. The highest BCUT2D eigenvalue weighted by Crippen LogP contribution is 1.75. The van der Waals surface area contributed by atoms with Crippen molar-refractivity contribution in [2.24, 2.45) is 0 Å². The Bertz CT molecular complexity index is 133. The molecular weight excluding hydrogens is 134 g/mol. The molecule has 0 aliphatic heterocycles. The van der Waals surface area contributed by atoms with Crippen molar-refractivity contribution in [1.29, 1.82) is 0 Å². The van der Waals surface area contributed by atoms with Crippen LogP contribution in [-0.2, 0) is 14.3 Å². The van der Waals surface area contributed by atoms with Crippen LogP contribution in [0.2, 0.25) is 0 Å². The fourth-order valence-corrected chi connectivity index (χ4v) is 0.360. The highest BCUT2D eigenvalue weighted by Gasteiger charge is 1.97. The highest BCUT2D eigenvalue weighted by atomic mass is 16.5. The van der Waals surface area contributed by atoms with Gasteiger partial charge in [0.15, 0.2) is 5.78 Å². The lowest BCUT2D eigenvalue weighted by molar-refractivity contribution is -0.128. The van der Waals surface area contributed by atoms with Crippen molar-refractivity contribution in [2.75, 3.05) is 20.3 Å². The molecule has 0 aliphatic carbocycles. The maximum atomic E-state index is 10.4. The van der Waals surface area contributed by atoms with Crippen molar-refractivity contribution >= 4 is 11.7 Å². The van der Waals surface area contributed by atoms with E-state index in [1.807, 2.05) is 0 Å². The Balaban J connectivity index is 3.20. The van der Waals surface area contributed by atoms with Crippen LogP contribution in [-0.4, -0.2) is 32.0 Å². The molecule has 0 radical (unpaired) electrons. The third-order valence-electron chi connectivity index (χ3n) is 0.817. The van der Waals surface area contributed by atoms with Gasteiger partial charge in [-0.1, -0.05) is 0 Å². The zero-order chi connectivity index (χ0) is 7.98. The number of carbonyl (C=O) groups is 2. The number of carbonyl (C=O) groups excluding carboxylic acids is 2. The first-order valence-electron chi connectivity index (χ1n) is 2.94. The van der Waals surface area contributed by atoms with Crippen LogP contribution < -0.4 is 5.32 Å². The fourth-order valence-electron chi connectivity index (χ4n) is 0.360. The molecule has 1 amide bonds. The standard InChI is InChI=1S/C6H11NO3/c1-5(8)3-10-4-6(9)7-2/h3-4H2,1-2H3,(H,7,9). The molecule has 0 bridgehead atoms. The van der Waals surface area contributed by atoms with Crippen LogP contribution in [0.3, 0.4) is 0 Å². The number of amides is 1. The van der Waals surface area contributed by atoms with Crippen LogP contribution in [0.5, 0.6) is 0 Å². The molecule has 1 N–H and O–H groups in total. The summed E-state index contributed by atoms with van der Waals surface area (Å²) in [5.41, 5.74) is 0. The number of ether oxygens (including phenoxy) is 1. The van der Waals surface area contributed by atoms with Gasteiger partial charge in [-0.05, 0) is 6.92 Å². The normalized spacial score (nSPS) is 9.00. The maximum Gasteiger partial charge on any atom is 0.245 e. The lowest BCUT2D eigenvalue weighted by Gasteiger charge is -1.98. The van der Waals surface area contributed by atoms with Crippen molar-refractivity contribution in [2.45, 2.75) is 6.92 Å². The summed E-state index contributed by atoms with van der Waals surface area (Å²) in [5.74, 6) is -0.301. The number of nitrogens with one attached hydrogen (secondary N) is 1. The molecule has 4 heteroatoms. The average molecular weight is 145 g/mol. The molecule has 0 heterocycles. The van der Waals surface area contributed by atoms with Gasteiger partial charge in [0.25, 0.3) is 0 Å². The summed E-state index contributed by atoms with van der Waals surface area (Å²) < 4.78 is 4.69. The number of hydrogen-bond acceptors (Lipinski definition) is 3. The summed E-state index contributed by atoms with van der Waals surface area (Å²) >= 11 is 0. The van der Waals surface area contributed by atoms with E-state index in [0.717, 1.165) is 0 Å². The number of ketones is 1. The largest absolute Gasteiger partial charge is 0.364 e.